The van der Waals surface area contributed by atoms with Crippen molar-refractivity contribution in [3.05, 3.63) is 0 Å². The van der Waals surface area contributed by atoms with Crippen LogP contribution in [0.1, 0.15) is 20.8 Å². The van der Waals surface area contributed by atoms with Crippen molar-refractivity contribution in [2.45, 2.75) is 31.5 Å². The van der Waals surface area contributed by atoms with Gasteiger partial charge in [-0.25, -0.2) is 0 Å². The van der Waals surface area contributed by atoms with Crippen molar-refractivity contribution < 1.29 is 9.47 Å². The number of hydrogen-bond acceptors (Lipinski definition) is 4. The van der Waals surface area contributed by atoms with E-state index in [0.717, 1.165) is 0 Å². The minimum absolute atomic E-state index is 0.0143. The van der Waals surface area contributed by atoms with Crippen LogP contribution in [-0.2, 0) is 9.47 Å². The van der Waals surface area contributed by atoms with Gasteiger partial charge < -0.3 is 9.47 Å². The summed E-state index contributed by atoms with van der Waals surface area (Å²) in [6.45, 7) is 7.65. The largest absolute Gasteiger partial charge is 0.378 e. The summed E-state index contributed by atoms with van der Waals surface area (Å²) in [6, 6.07) is 2.16. The number of thioether (sulfide) groups is 1. The minimum atomic E-state index is -0.0444. The molecule has 76 valence electrons. The van der Waals surface area contributed by atoms with E-state index in [9.17, 15) is 0 Å². The molecule has 0 aromatic rings. The molecule has 0 amide bonds. The molecule has 0 aromatic heterocycles. The highest BCUT2D eigenvalue weighted by Crippen LogP contribution is 2.18. The molecule has 0 N–H and O–H groups in total. The predicted octanol–water partition coefficient (Wildman–Crippen LogP) is 2.03. The summed E-state index contributed by atoms with van der Waals surface area (Å²) >= 11 is 1.50. The zero-order valence-corrected chi connectivity index (χ0v) is 9.26. The molecule has 0 saturated carbocycles. The fraction of sp³-hybridized carbons (Fsp3) is 0.889. The van der Waals surface area contributed by atoms with Crippen molar-refractivity contribution in [1.82, 2.24) is 0 Å². The highest BCUT2D eigenvalue weighted by Gasteiger charge is 2.13. The zero-order chi connectivity index (χ0) is 10.1. The molecule has 0 saturated heterocycles. The molecule has 4 heteroatoms. The fourth-order valence-corrected chi connectivity index (χ4v) is 1.69. The molecule has 0 radical (unpaired) electrons. The number of nitriles is 1. The molecule has 0 aliphatic heterocycles. The van der Waals surface area contributed by atoms with Gasteiger partial charge in [-0.15, -0.1) is 11.8 Å². The minimum Gasteiger partial charge on any atom is -0.378 e. The number of hydrogen-bond donors (Lipinski definition) is 0. The Kier molecular flexibility index (Phi) is 8.21. The highest BCUT2D eigenvalue weighted by molar-refractivity contribution is 8.00. The molecular formula is C9H17NO2S. The van der Waals surface area contributed by atoms with Crippen LogP contribution in [0.4, 0.5) is 0 Å². The SMILES string of the molecule is CCOCC(OCC)SC(C)C#N. The summed E-state index contributed by atoms with van der Waals surface area (Å²) in [5, 5.41) is 8.57. The summed E-state index contributed by atoms with van der Waals surface area (Å²) in [6.07, 6.45) is 0. The van der Waals surface area contributed by atoms with Crippen molar-refractivity contribution in [2.24, 2.45) is 0 Å². The van der Waals surface area contributed by atoms with E-state index in [4.69, 9.17) is 14.7 Å². The third kappa shape index (κ3) is 6.88. The summed E-state index contributed by atoms with van der Waals surface area (Å²) in [5.41, 5.74) is -0.0143. The van der Waals surface area contributed by atoms with Gasteiger partial charge in [0.2, 0.25) is 0 Å². The lowest BCUT2D eigenvalue weighted by Crippen LogP contribution is -2.18. The molecule has 0 aromatic carbocycles. The van der Waals surface area contributed by atoms with Crippen molar-refractivity contribution in [3.63, 3.8) is 0 Å². The summed E-state index contributed by atoms with van der Waals surface area (Å²) < 4.78 is 10.6. The standard InChI is InChI=1S/C9H17NO2S/c1-4-11-7-9(12-5-2)13-8(3)6-10/h8-9H,4-5,7H2,1-3H3. The first-order chi connectivity index (χ1) is 6.24. The monoisotopic (exact) mass is 203 g/mol. The average molecular weight is 203 g/mol. The van der Waals surface area contributed by atoms with E-state index in [1.54, 1.807) is 0 Å². The van der Waals surface area contributed by atoms with Crippen LogP contribution >= 0.6 is 11.8 Å². The predicted molar refractivity (Wildman–Crippen MR) is 54.6 cm³/mol. The maximum Gasteiger partial charge on any atom is 0.127 e. The van der Waals surface area contributed by atoms with E-state index in [1.807, 2.05) is 20.8 Å². The van der Waals surface area contributed by atoms with Gasteiger partial charge in [-0.3, -0.25) is 0 Å². The molecule has 0 fully saturated rings. The highest BCUT2D eigenvalue weighted by atomic mass is 32.2. The normalized spacial score (nSPS) is 14.9. The molecule has 0 spiro atoms. The van der Waals surface area contributed by atoms with Crippen molar-refractivity contribution in [2.75, 3.05) is 19.8 Å². The van der Waals surface area contributed by atoms with Crippen molar-refractivity contribution >= 4 is 11.8 Å². The van der Waals surface area contributed by atoms with Crippen LogP contribution < -0.4 is 0 Å². The van der Waals surface area contributed by atoms with Crippen molar-refractivity contribution in [1.29, 1.82) is 5.26 Å². The number of rotatable bonds is 7. The van der Waals surface area contributed by atoms with E-state index < -0.39 is 0 Å². The average Bonchev–Trinajstić information content (AvgIpc) is 2.14. The Hall–Kier alpha value is -0.240. The van der Waals surface area contributed by atoms with Crippen LogP contribution in [0.5, 0.6) is 0 Å². The van der Waals surface area contributed by atoms with Gasteiger partial charge in [0.15, 0.2) is 0 Å². The third-order valence-corrected chi connectivity index (χ3v) is 2.44. The van der Waals surface area contributed by atoms with Gasteiger partial charge in [0.05, 0.1) is 17.9 Å². The van der Waals surface area contributed by atoms with Crippen LogP contribution in [0.3, 0.4) is 0 Å². The lowest BCUT2D eigenvalue weighted by Gasteiger charge is -2.16. The summed E-state index contributed by atoms with van der Waals surface area (Å²) in [4.78, 5) is 0. The molecule has 0 rings (SSSR count). The van der Waals surface area contributed by atoms with Crippen LogP contribution in [0, 0.1) is 11.3 Å². The smallest absolute Gasteiger partial charge is 0.127 e. The Morgan fingerprint density at radius 1 is 1.38 bits per heavy atom. The van der Waals surface area contributed by atoms with E-state index in [0.29, 0.717) is 19.8 Å². The first-order valence-corrected chi connectivity index (χ1v) is 5.43. The Balaban J connectivity index is 3.73. The maximum absolute atomic E-state index is 8.61. The van der Waals surface area contributed by atoms with Crippen LogP contribution in [0.15, 0.2) is 0 Å². The zero-order valence-electron chi connectivity index (χ0n) is 8.45. The molecule has 0 bridgehead atoms. The molecule has 0 aliphatic rings. The van der Waals surface area contributed by atoms with Gasteiger partial charge in [-0.1, -0.05) is 0 Å². The summed E-state index contributed by atoms with van der Waals surface area (Å²) in [5.74, 6) is 0. The molecular weight excluding hydrogens is 186 g/mol. The molecule has 0 aliphatic carbocycles. The van der Waals surface area contributed by atoms with E-state index in [1.165, 1.54) is 11.8 Å². The second kappa shape index (κ2) is 8.36. The number of ether oxygens (including phenoxy) is 2. The molecule has 13 heavy (non-hydrogen) atoms. The third-order valence-electron chi connectivity index (χ3n) is 1.35. The summed E-state index contributed by atoms with van der Waals surface area (Å²) in [7, 11) is 0. The Morgan fingerprint density at radius 3 is 2.54 bits per heavy atom. The van der Waals surface area contributed by atoms with Gasteiger partial charge >= 0.3 is 0 Å². The lowest BCUT2D eigenvalue weighted by atomic mass is 10.5. The first-order valence-electron chi connectivity index (χ1n) is 4.49. The quantitative estimate of drug-likeness (QED) is 0.594. The first kappa shape index (κ1) is 12.8. The van der Waals surface area contributed by atoms with Gasteiger partial charge in [0.1, 0.15) is 5.44 Å². The van der Waals surface area contributed by atoms with Crippen molar-refractivity contribution in [3.8, 4) is 6.07 Å². The second-order valence-electron chi connectivity index (χ2n) is 2.45. The molecule has 0 heterocycles. The van der Waals surface area contributed by atoms with Gasteiger partial charge in [-0.2, -0.15) is 5.26 Å². The lowest BCUT2D eigenvalue weighted by molar-refractivity contribution is 0.0389. The maximum atomic E-state index is 8.61. The Labute approximate surface area is 84.4 Å². The topological polar surface area (TPSA) is 42.2 Å². The molecule has 3 nitrogen and oxygen atoms in total. The number of nitrogens with zero attached hydrogens (tertiary/aromatic N) is 1. The van der Waals surface area contributed by atoms with E-state index >= 15 is 0 Å². The molecule has 2 unspecified atom stereocenters. The van der Waals surface area contributed by atoms with Crippen LogP contribution in [0.2, 0.25) is 0 Å². The van der Waals surface area contributed by atoms with E-state index in [-0.39, 0.29) is 10.7 Å². The second-order valence-corrected chi connectivity index (χ2v) is 3.96. The van der Waals surface area contributed by atoms with Gasteiger partial charge in [-0.05, 0) is 20.8 Å². The van der Waals surface area contributed by atoms with Gasteiger partial charge in [0, 0.05) is 13.2 Å². The van der Waals surface area contributed by atoms with Gasteiger partial charge in [0.25, 0.3) is 0 Å². The Morgan fingerprint density at radius 2 is 2.08 bits per heavy atom. The van der Waals surface area contributed by atoms with Crippen LogP contribution in [0.25, 0.3) is 0 Å². The Bertz CT molecular complexity index is 158. The molecule has 2 atom stereocenters. The fourth-order valence-electron chi connectivity index (χ4n) is 0.785. The van der Waals surface area contributed by atoms with E-state index in [2.05, 4.69) is 6.07 Å². The van der Waals surface area contributed by atoms with Crippen LogP contribution in [-0.4, -0.2) is 30.5 Å².